The van der Waals surface area contributed by atoms with Crippen molar-refractivity contribution in [3.8, 4) is 0 Å². The Hall–Kier alpha value is -3.10. The van der Waals surface area contributed by atoms with E-state index in [1.165, 1.54) is 0 Å². The van der Waals surface area contributed by atoms with Crippen molar-refractivity contribution in [2.24, 2.45) is 23.7 Å². The fourth-order valence-corrected chi connectivity index (χ4v) is 9.89. The van der Waals surface area contributed by atoms with E-state index < -0.39 is 28.7 Å². The Kier molecular flexibility index (Phi) is 8.86. The average Bonchev–Trinajstić information content (AvgIpc) is 3.57. The number of aliphatic hydroxyl groups excluding tert-OH is 1. The predicted molar refractivity (Wildman–Crippen MR) is 168 cm³/mol. The zero-order valence-corrected chi connectivity index (χ0v) is 25.6. The molecule has 3 fully saturated rings. The van der Waals surface area contributed by atoms with Crippen LogP contribution in [-0.4, -0.2) is 69.6 Å². The van der Waals surface area contributed by atoms with Crippen LogP contribution in [0.4, 0.5) is 5.69 Å². The maximum Gasteiger partial charge on any atom is 0.310 e. The zero-order valence-electron chi connectivity index (χ0n) is 24.8. The highest BCUT2D eigenvalue weighted by atomic mass is 32.2. The normalized spacial score (nSPS) is 28.6. The van der Waals surface area contributed by atoms with Crippen LogP contribution in [0.3, 0.4) is 0 Å². The number of hydrogen-bond acceptors (Lipinski definition) is 6. The molecule has 5 rings (SSSR count). The number of rotatable bonds is 12. The number of carbonyl (C=O) groups excluding carboxylic acids is 3. The van der Waals surface area contributed by atoms with Gasteiger partial charge in [0.05, 0.1) is 35.8 Å². The minimum Gasteiger partial charge on any atom is -0.465 e. The Labute approximate surface area is 253 Å². The highest BCUT2D eigenvalue weighted by Crippen LogP contribution is 2.69. The quantitative estimate of drug-likeness (QED) is 0.207. The summed E-state index contributed by atoms with van der Waals surface area (Å²) < 4.78 is 4.83. The second kappa shape index (κ2) is 12.3. The lowest BCUT2D eigenvalue weighted by atomic mass is 9.66. The van der Waals surface area contributed by atoms with Crippen LogP contribution in [0.5, 0.6) is 0 Å². The van der Waals surface area contributed by atoms with Crippen molar-refractivity contribution in [2.45, 2.75) is 62.1 Å². The summed E-state index contributed by atoms with van der Waals surface area (Å²) in [5, 5.41) is 12.6. The van der Waals surface area contributed by atoms with Gasteiger partial charge in [-0.25, -0.2) is 0 Å². The Bertz CT molecular complexity index is 1380. The Balaban J connectivity index is 1.61. The third-order valence-corrected chi connectivity index (χ3v) is 11.3. The SMILES string of the molecule is C=CCCOC(=O)[C@@H]1[C@@H]2CC(C)C3(S2)C(C(=O)N(CC=C)c2ccc4ccccc4c2)N([C@@H](CO)CC(C)C)C(=O)[C@H]13. The third-order valence-electron chi connectivity index (χ3n) is 9.23. The van der Waals surface area contributed by atoms with E-state index in [2.05, 4.69) is 20.1 Å². The van der Waals surface area contributed by atoms with Crippen LogP contribution < -0.4 is 4.90 Å². The molecule has 2 bridgehead atoms. The minimum absolute atomic E-state index is 0.0122. The number of anilines is 1. The van der Waals surface area contributed by atoms with E-state index in [-0.39, 0.29) is 54.6 Å². The molecule has 0 saturated carbocycles. The van der Waals surface area contributed by atoms with Crippen molar-refractivity contribution in [1.82, 2.24) is 4.90 Å². The van der Waals surface area contributed by atoms with E-state index in [4.69, 9.17) is 4.74 Å². The lowest BCUT2D eigenvalue weighted by Gasteiger charge is -2.42. The first-order chi connectivity index (χ1) is 20.2. The molecule has 8 heteroatoms. The number of likely N-dealkylation sites (tertiary alicyclic amines) is 1. The first kappa shape index (κ1) is 30.4. The molecule has 1 N–H and O–H groups in total. The number of esters is 1. The van der Waals surface area contributed by atoms with E-state index in [1.807, 2.05) is 56.3 Å². The van der Waals surface area contributed by atoms with Crippen molar-refractivity contribution in [2.75, 3.05) is 24.7 Å². The van der Waals surface area contributed by atoms with Gasteiger partial charge >= 0.3 is 5.97 Å². The van der Waals surface area contributed by atoms with E-state index in [0.29, 0.717) is 12.8 Å². The molecular weight excluding hydrogens is 548 g/mol. The standard InChI is InChI=1S/C34H42N2O5S/c1-6-8-16-41-33(40)28-27-18-22(5)34(42-27)29(28)31(38)36(26(20-37)17-21(3)4)30(34)32(39)35(15-7-2)25-14-13-23-11-9-10-12-24(23)19-25/h6-7,9-14,19,21-22,26-30,37H,1-2,8,15-18,20H2,3-5H3/t22?,26-,27+,28-,29+,30?,34?/m1/s1. The smallest absolute Gasteiger partial charge is 0.310 e. The van der Waals surface area contributed by atoms with E-state index in [1.54, 1.807) is 33.7 Å². The van der Waals surface area contributed by atoms with Gasteiger partial charge in [-0.1, -0.05) is 63.3 Å². The largest absolute Gasteiger partial charge is 0.465 e. The fraction of sp³-hybridized carbons (Fsp3) is 0.500. The summed E-state index contributed by atoms with van der Waals surface area (Å²) in [7, 11) is 0. The molecular formula is C34H42N2O5S. The highest BCUT2D eigenvalue weighted by Gasteiger charge is 2.77. The molecule has 3 unspecified atom stereocenters. The summed E-state index contributed by atoms with van der Waals surface area (Å²) in [5.74, 6) is -1.93. The molecule has 2 aromatic carbocycles. The second-order valence-electron chi connectivity index (χ2n) is 12.3. The first-order valence-corrected chi connectivity index (χ1v) is 15.9. The molecule has 7 atom stereocenters. The number of fused-ring (bicyclic) bond motifs is 2. The Morgan fingerprint density at radius 3 is 2.60 bits per heavy atom. The molecule has 0 aromatic heterocycles. The molecule has 3 aliphatic heterocycles. The Morgan fingerprint density at radius 2 is 1.93 bits per heavy atom. The first-order valence-electron chi connectivity index (χ1n) is 15.0. The lowest BCUT2D eigenvalue weighted by Crippen LogP contribution is -2.59. The summed E-state index contributed by atoms with van der Waals surface area (Å²) in [6, 6.07) is 12.5. The minimum atomic E-state index is -0.840. The maximum absolute atomic E-state index is 15.0. The van der Waals surface area contributed by atoms with Crippen LogP contribution in [0.2, 0.25) is 0 Å². The van der Waals surface area contributed by atoms with Crippen molar-refractivity contribution < 1.29 is 24.2 Å². The van der Waals surface area contributed by atoms with Crippen LogP contribution in [0.15, 0.2) is 67.8 Å². The van der Waals surface area contributed by atoms with Gasteiger partial charge in [0, 0.05) is 17.5 Å². The van der Waals surface area contributed by atoms with Crippen molar-refractivity contribution in [1.29, 1.82) is 0 Å². The predicted octanol–water partition coefficient (Wildman–Crippen LogP) is 5.22. The average molecular weight is 591 g/mol. The number of ether oxygens (including phenoxy) is 1. The van der Waals surface area contributed by atoms with Crippen molar-refractivity contribution in [3.05, 3.63) is 67.8 Å². The van der Waals surface area contributed by atoms with E-state index in [9.17, 15) is 19.5 Å². The van der Waals surface area contributed by atoms with Gasteiger partial charge in [0.25, 0.3) is 5.91 Å². The van der Waals surface area contributed by atoms with Crippen molar-refractivity contribution in [3.63, 3.8) is 0 Å². The molecule has 2 amide bonds. The van der Waals surface area contributed by atoms with Gasteiger partial charge < -0.3 is 19.6 Å². The van der Waals surface area contributed by atoms with Crippen LogP contribution >= 0.6 is 11.8 Å². The van der Waals surface area contributed by atoms with E-state index in [0.717, 1.165) is 22.9 Å². The fourth-order valence-electron chi connectivity index (χ4n) is 7.50. The molecule has 3 saturated heterocycles. The number of thioether (sulfide) groups is 1. The summed E-state index contributed by atoms with van der Waals surface area (Å²) in [4.78, 5) is 46.3. The topological polar surface area (TPSA) is 87.2 Å². The van der Waals surface area contributed by atoms with Crippen LogP contribution in [0, 0.1) is 23.7 Å². The molecule has 1 spiro atoms. The highest BCUT2D eigenvalue weighted by molar-refractivity contribution is 8.02. The number of amides is 2. The molecule has 42 heavy (non-hydrogen) atoms. The van der Waals surface area contributed by atoms with Gasteiger partial charge in [0.1, 0.15) is 6.04 Å². The number of benzene rings is 2. The van der Waals surface area contributed by atoms with Gasteiger partial charge in [-0.2, -0.15) is 0 Å². The van der Waals surface area contributed by atoms with E-state index >= 15 is 0 Å². The maximum atomic E-state index is 15.0. The van der Waals surface area contributed by atoms with Crippen molar-refractivity contribution >= 4 is 46.0 Å². The van der Waals surface area contributed by atoms with Gasteiger partial charge in [-0.3, -0.25) is 14.4 Å². The van der Waals surface area contributed by atoms with Gasteiger partial charge in [-0.15, -0.1) is 24.9 Å². The molecule has 3 aliphatic rings. The molecule has 2 aromatic rings. The third kappa shape index (κ3) is 4.96. The van der Waals surface area contributed by atoms with Gasteiger partial charge in [0.2, 0.25) is 5.91 Å². The van der Waals surface area contributed by atoms with Gasteiger partial charge in [0.15, 0.2) is 0 Å². The lowest BCUT2D eigenvalue weighted by molar-refractivity contribution is -0.155. The summed E-state index contributed by atoms with van der Waals surface area (Å²) >= 11 is 1.62. The number of nitrogens with zero attached hydrogens (tertiary/aromatic N) is 2. The molecule has 0 aliphatic carbocycles. The van der Waals surface area contributed by atoms with Crippen LogP contribution in [0.25, 0.3) is 10.8 Å². The second-order valence-corrected chi connectivity index (χ2v) is 13.8. The summed E-state index contributed by atoms with van der Waals surface area (Å²) in [5.41, 5.74) is 0.723. The number of aliphatic hydroxyl groups is 1. The zero-order chi connectivity index (χ0) is 30.2. The molecule has 7 nitrogen and oxygen atoms in total. The van der Waals surface area contributed by atoms with Crippen LogP contribution in [0.1, 0.15) is 40.0 Å². The molecule has 224 valence electrons. The molecule has 3 heterocycles. The number of hydrogen-bond donors (Lipinski definition) is 1. The Morgan fingerprint density at radius 1 is 1.19 bits per heavy atom. The monoisotopic (exact) mass is 590 g/mol. The summed E-state index contributed by atoms with van der Waals surface area (Å²) in [6.45, 7) is 14.0. The van der Waals surface area contributed by atoms with Gasteiger partial charge in [-0.05, 0) is 54.0 Å². The summed E-state index contributed by atoms with van der Waals surface area (Å²) in [6.07, 6.45) is 5.19. The molecule has 0 radical (unpaired) electrons. The van der Waals surface area contributed by atoms with Crippen LogP contribution in [-0.2, 0) is 19.1 Å². The number of carbonyl (C=O) groups is 3.